The summed E-state index contributed by atoms with van der Waals surface area (Å²) in [7, 11) is 0. The van der Waals surface area contributed by atoms with E-state index in [-0.39, 0.29) is 24.2 Å². The molecule has 1 aliphatic rings. The van der Waals surface area contributed by atoms with E-state index < -0.39 is 5.54 Å². The Labute approximate surface area is 181 Å². The second kappa shape index (κ2) is 9.18. The molecule has 29 heavy (non-hydrogen) atoms. The lowest BCUT2D eigenvalue weighted by Crippen LogP contribution is -2.57. The predicted octanol–water partition coefficient (Wildman–Crippen LogP) is 4.00. The van der Waals surface area contributed by atoms with Gasteiger partial charge < -0.3 is 20.8 Å². The first-order chi connectivity index (χ1) is 13.6. The van der Waals surface area contributed by atoms with Crippen molar-refractivity contribution in [3.8, 4) is 0 Å². The van der Waals surface area contributed by atoms with Crippen LogP contribution < -0.4 is 11.1 Å². The van der Waals surface area contributed by atoms with Crippen LogP contribution in [0.4, 0.5) is 0 Å². The predicted molar refractivity (Wildman–Crippen MR) is 119 cm³/mol. The highest BCUT2D eigenvalue weighted by atomic mass is 35.5. The molecule has 1 atom stereocenters. The number of hydrogen-bond acceptors (Lipinski definition) is 3. The summed E-state index contributed by atoms with van der Waals surface area (Å²) in [6, 6.07) is 15.9. The number of fused-ring (bicyclic) bond motifs is 1. The minimum Gasteiger partial charge on any atom is -0.381 e. The monoisotopic (exact) mass is 433 g/mol. The van der Waals surface area contributed by atoms with Gasteiger partial charge >= 0.3 is 0 Å². The maximum absolute atomic E-state index is 12.8. The molecule has 2 heterocycles. The third-order valence-electron chi connectivity index (χ3n) is 5.58. The Morgan fingerprint density at radius 3 is 2.59 bits per heavy atom. The summed E-state index contributed by atoms with van der Waals surface area (Å²) in [6.07, 6.45) is 3.06. The summed E-state index contributed by atoms with van der Waals surface area (Å²) in [6.45, 7) is 1.45. The molecule has 3 aromatic rings. The van der Waals surface area contributed by atoms with Crippen LogP contribution in [0.5, 0.6) is 0 Å². The largest absolute Gasteiger partial charge is 0.381 e. The number of amides is 1. The Morgan fingerprint density at radius 2 is 1.83 bits per heavy atom. The minimum absolute atomic E-state index is 0. The van der Waals surface area contributed by atoms with Crippen molar-refractivity contribution in [2.45, 2.75) is 24.3 Å². The Balaban J connectivity index is 0.00000240. The molecule has 1 fully saturated rings. The molecule has 0 radical (unpaired) electrons. The molecule has 154 valence electrons. The van der Waals surface area contributed by atoms with Crippen LogP contribution >= 0.6 is 24.0 Å². The Kier molecular flexibility index (Phi) is 6.85. The topological polar surface area (TPSA) is 80.1 Å². The fourth-order valence-electron chi connectivity index (χ4n) is 3.86. The molecule has 1 saturated heterocycles. The number of nitrogens with two attached hydrogens (primary N) is 1. The second-order valence-electron chi connectivity index (χ2n) is 7.34. The molecule has 0 saturated carbocycles. The van der Waals surface area contributed by atoms with Crippen molar-refractivity contribution in [3.63, 3.8) is 0 Å². The highest BCUT2D eigenvalue weighted by Crippen LogP contribution is 2.34. The summed E-state index contributed by atoms with van der Waals surface area (Å²) in [5, 5.41) is 4.88. The molecule has 5 nitrogen and oxygen atoms in total. The zero-order chi connectivity index (χ0) is 19.6. The van der Waals surface area contributed by atoms with Crippen molar-refractivity contribution < 1.29 is 9.53 Å². The highest BCUT2D eigenvalue weighted by Gasteiger charge is 2.36. The lowest BCUT2D eigenvalue weighted by atomic mass is 9.88. The summed E-state index contributed by atoms with van der Waals surface area (Å²) in [4.78, 5) is 16.2. The van der Waals surface area contributed by atoms with Crippen LogP contribution in [0.1, 0.15) is 29.9 Å². The van der Waals surface area contributed by atoms with Crippen LogP contribution in [-0.2, 0) is 9.53 Å². The number of carbonyl (C=O) groups is 1. The van der Waals surface area contributed by atoms with Crippen molar-refractivity contribution in [2.24, 2.45) is 5.73 Å². The van der Waals surface area contributed by atoms with Crippen molar-refractivity contribution >= 4 is 40.8 Å². The van der Waals surface area contributed by atoms with Crippen molar-refractivity contribution in [2.75, 3.05) is 19.8 Å². The second-order valence-corrected chi connectivity index (χ2v) is 7.75. The highest BCUT2D eigenvalue weighted by molar-refractivity contribution is 6.31. The molecular weight excluding hydrogens is 409 g/mol. The quantitative estimate of drug-likeness (QED) is 0.568. The number of hydrogen-bond donors (Lipinski definition) is 3. The maximum Gasteiger partial charge on any atom is 0.240 e. The molecule has 7 heteroatoms. The molecular formula is C22H25Cl2N3O2. The van der Waals surface area contributed by atoms with E-state index in [1.54, 1.807) is 0 Å². The first kappa shape index (κ1) is 21.7. The van der Waals surface area contributed by atoms with E-state index >= 15 is 0 Å². The van der Waals surface area contributed by atoms with Crippen LogP contribution in [0, 0.1) is 0 Å². The summed E-state index contributed by atoms with van der Waals surface area (Å²) >= 11 is 6.51. The third-order valence-corrected chi connectivity index (χ3v) is 5.93. The molecule has 4 N–H and O–H groups in total. The fourth-order valence-corrected chi connectivity index (χ4v) is 4.13. The van der Waals surface area contributed by atoms with E-state index in [1.165, 1.54) is 0 Å². The first-order valence-corrected chi connectivity index (χ1v) is 9.92. The number of para-hydroxylation sites is 1. The van der Waals surface area contributed by atoms with Gasteiger partial charge in [0.2, 0.25) is 5.91 Å². The molecule has 1 aliphatic heterocycles. The number of carbonyl (C=O) groups excluding carboxylic acids is 1. The Bertz CT molecular complexity index is 983. The van der Waals surface area contributed by atoms with Crippen LogP contribution in [-0.4, -0.2) is 36.2 Å². The average Bonchev–Trinajstić information content (AvgIpc) is 3.14. The van der Waals surface area contributed by atoms with E-state index in [1.807, 2.05) is 48.7 Å². The number of nitrogens with one attached hydrogen (secondary N) is 2. The summed E-state index contributed by atoms with van der Waals surface area (Å²) in [5.41, 5.74) is 8.61. The number of ether oxygens (including phenoxy) is 1. The van der Waals surface area contributed by atoms with Gasteiger partial charge in [0.25, 0.3) is 0 Å². The van der Waals surface area contributed by atoms with Gasteiger partial charge in [0, 0.05) is 47.8 Å². The normalized spacial score (nSPS) is 16.8. The zero-order valence-corrected chi connectivity index (χ0v) is 17.6. The van der Waals surface area contributed by atoms with E-state index in [4.69, 9.17) is 22.1 Å². The lowest BCUT2D eigenvalue weighted by molar-refractivity contribution is -0.129. The van der Waals surface area contributed by atoms with Gasteiger partial charge in [-0.2, -0.15) is 0 Å². The number of benzene rings is 2. The molecule has 4 rings (SSSR count). The first-order valence-electron chi connectivity index (χ1n) is 9.54. The molecule has 0 spiro atoms. The number of H-pyrrole nitrogens is 1. The molecule has 2 aromatic carbocycles. The maximum atomic E-state index is 12.8. The Hall–Kier alpha value is -2.05. The van der Waals surface area contributed by atoms with Crippen LogP contribution in [0.15, 0.2) is 54.7 Å². The average molecular weight is 434 g/mol. The minimum atomic E-state index is -0.872. The van der Waals surface area contributed by atoms with E-state index in [9.17, 15) is 4.79 Å². The standard InChI is InChI=1S/C22H24ClN3O2.ClH/c23-19-7-3-1-5-15(19)17(18-13-25-20-8-4-2-6-16(18)20)14-26-21(27)22(24)9-11-28-12-10-22;/h1-8,13,17,25H,9-12,14,24H2,(H,26,27);1H. The Morgan fingerprint density at radius 1 is 1.14 bits per heavy atom. The SMILES string of the molecule is Cl.NC1(C(=O)NCC(c2ccccc2Cl)c2c[nH]c3ccccc23)CCOCC1. The van der Waals surface area contributed by atoms with Gasteiger partial charge in [-0.3, -0.25) is 4.79 Å². The van der Waals surface area contributed by atoms with Gasteiger partial charge in [0.05, 0.1) is 5.54 Å². The van der Waals surface area contributed by atoms with Gasteiger partial charge in [-0.1, -0.05) is 48.0 Å². The molecule has 1 aromatic heterocycles. The zero-order valence-electron chi connectivity index (χ0n) is 16.0. The van der Waals surface area contributed by atoms with Gasteiger partial charge in [-0.05, 0) is 36.1 Å². The van der Waals surface area contributed by atoms with Crippen molar-refractivity contribution in [1.29, 1.82) is 0 Å². The van der Waals surface area contributed by atoms with Crippen molar-refractivity contribution in [1.82, 2.24) is 10.3 Å². The van der Waals surface area contributed by atoms with Gasteiger partial charge in [0.1, 0.15) is 0 Å². The van der Waals surface area contributed by atoms with Gasteiger partial charge in [0.15, 0.2) is 0 Å². The number of rotatable bonds is 5. The third kappa shape index (κ3) is 4.43. The number of aromatic nitrogens is 1. The smallest absolute Gasteiger partial charge is 0.240 e. The lowest BCUT2D eigenvalue weighted by Gasteiger charge is -2.32. The fraction of sp³-hybridized carbons (Fsp3) is 0.318. The van der Waals surface area contributed by atoms with Gasteiger partial charge in [-0.25, -0.2) is 0 Å². The molecule has 1 unspecified atom stereocenters. The molecule has 0 bridgehead atoms. The molecule has 1 amide bonds. The van der Waals surface area contributed by atoms with E-state index in [0.717, 1.165) is 22.0 Å². The van der Waals surface area contributed by atoms with E-state index in [0.29, 0.717) is 37.6 Å². The number of halogens is 2. The van der Waals surface area contributed by atoms with Crippen LogP contribution in [0.25, 0.3) is 10.9 Å². The van der Waals surface area contributed by atoms with E-state index in [2.05, 4.69) is 16.4 Å². The van der Waals surface area contributed by atoms with Crippen LogP contribution in [0.3, 0.4) is 0 Å². The van der Waals surface area contributed by atoms with Gasteiger partial charge in [-0.15, -0.1) is 12.4 Å². The van der Waals surface area contributed by atoms with Crippen molar-refractivity contribution in [3.05, 3.63) is 70.9 Å². The summed E-state index contributed by atoms with van der Waals surface area (Å²) < 4.78 is 5.35. The number of aromatic amines is 1. The molecule has 0 aliphatic carbocycles. The van der Waals surface area contributed by atoms with Crippen LogP contribution in [0.2, 0.25) is 5.02 Å². The summed E-state index contributed by atoms with van der Waals surface area (Å²) in [5.74, 6) is -0.218.